The summed E-state index contributed by atoms with van der Waals surface area (Å²) in [6, 6.07) is 9.15. The Balaban J connectivity index is 2.04. The van der Waals surface area contributed by atoms with Crippen LogP contribution in [-0.4, -0.2) is 60.6 Å². The maximum absolute atomic E-state index is 12.7. The molecule has 1 N–H and O–H groups in total. The largest absolute Gasteiger partial charge is 0.444 e. The molecule has 1 atom stereocenters. The summed E-state index contributed by atoms with van der Waals surface area (Å²) >= 11 is 0. The van der Waals surface area contributed by atoms with Gasteiger partial charge in [0.2, 0.25) is 5.91 Å². The molecule has 1 aliphatic heterocycles. The molecule has 6 nitrogen and oxygen atoms in total. The number of amides is 2. The molecule has 0 bridgehead atoms. The van der Waals surface area contributed by atoms with Gasteiger partial charge in [0.25, 0.3) is 0 Å². The van der Waals surface area contributed by atoms with Crippen molar-refractivity contribution in [1.29, 1.82) is 0 Å². The van der Waals surface area contributed by atoms with Crippen molar-refractivity contribution in [2.75, 3.05) is 33.2 Å². The van der Waals surface area contributed by atoms with E-state index < -0.39 is 17.7 Å². The Morgan fingerprint density at radius 2 is 1.72 bits per heavy atom. The first-order valence-corrected chi connectivity index (χ1v) is 8.75. The highest BCUT2D eigenvalue weighted by atomic mass is 16.6. The van der Waals surface area contributed by atoms with E-state index >= 15 is 0 Å². The zero-order valence-corrected chi connectivity index (χ0v) is 15.6. The van der Waals surface area contributed by atoms with E-state index in [9.17, 15) is 9.59 Å². The van der Waals surface area contributed by atoms with Crippen LogP contribution in [0.4, 0.5) is 4.79 Å². The van der Waals surface area contributed by atoms with Gasteiger partial charge in [-0.05, 0) is 33.4 Å². The van der Waals surface area contributed by atoms with Crippen LogP contribution < -0.4 is 5.32 Å². The molecule has 1 unspecified atom stereocenters. The lowest BCUT2D eigenvalue weighted by atomic mass is 10.0. The molecule has 6 heteroatoms. The molecule has 138 valence electrons. The lowest BCUT2D eigenvalue weighted by molar-refractivity contribution is -0.133. The second kappa shape index (κ2) is 8.34. The lowest BCUT2D eigenvalue weighted by Gasteiger charge is -2.33. The van der Waals surface area contributed by atoms with Gasteiger partial charge in [-0.3, -0.25) is 4.79 Å². The van der Waals surface area contributed by atoms with Crippen LogP contribution in [0.3, 0.4) is 0 Å². The van der Waals surface area contributed by atoms with Crippen LogP contribution in [0.5, 0.6) is 0 Å². The van der Waals surface area contributed by atoms with Crippen molar-refractivity contribution in [3.63, 3.8) is 0 Å². The number of alkyl carbamates (subject to hydrolysis) is 1. The van der Waals surface area contributed by atoms with Crippen molar-refractivity contribution in [1.82, 2.24) is 15.1 Å². The number of piperazine rings is 1. The summed E-state index contributed by atoms with van der Waals surface area (Å²) in [5.41, 5.74) is 0.322. The number of nitrogens with one attached hydrogen (secondary N) is 1. The Hall–Kier alpha value is -2.08. The van der Waals surface area contributed by atoms with E-state index in [-0.39, 0.29) is 12.3 Å². The first-order chi connectivity index (χ1) is 11.7. The molecular formula is C19H29N3O3. The average molecular weight is 347 g/mol. The molecule has 1 heterocycles. The van der Waals surface area contributed by atoms with Gasteiger partial charge in [0.1, 0.15) is 5.60 Å². The molecule has 0 radical (unpaired) electrons. The predicted octanol–water partition coefficient (Wildman–Crippen LogP) is 2.42. The van der Waals surface area contributed by atoms with Crippen molar-refractivity contribution < 1.29 is 14.3 Å². The number of benzene rings is 1. The Labute approximate surface area is 150 Å². The maximum atomic E-state index is 12.7. The number of rotatable bonds is 4. The van der Waals surface area contributed by atoms with E-state index in [2.05, 4.69) is 17.3 Å². The van der Waals surface area contributed by atoms with E-state index in [1.165, 1.54) is 0 Å². The molecule has 1 aromatic rings. The number of nitrogens with zero attached hydrogens (tertiary/aromatic N) is 2. The van der Waals surface area contributed by atoms with Gasteiger partial charge >= 0.3 is 6.09 Å². The molecule has 0 saturated carbocycles. The van der Waals surface area contributed by atoms with Crippen LogP contribution in [0.1, 0.15) is 38.8 Å². The van der Waals surface area contributed by atoms with E-state index in [1.807, 2.05) is 56.0 Å². The van der Waals surface area contributed by atoms with Gasteiger partial charge in [-0.25, -0.2) is 4.79 Å². The van der Waals surface area contributed by atoms with Crippen LogP contribution in [0.2, 0.25) is 0 Å². The minimum absolute atomic E-state index is 0.0537. The normalized spacial score (nSPS) is 17.0. The first-order valence-electron chi connectivity index (χ1n) is 8.75. The Bertz CT molecular complexity index is 575. The monoisotopic (exact) mass is 347 g/mol. The van der Waals surface area contributed by atoms with Gasteiger partial charge in [-0.15, -0.1) is 0 Å². The summed E-state index contributed by atoms with van der Waals surface area (Å²) in [5.74, 6) is 0.0537. The quantitative estimate of drug-likeness (QED) is 0.909. The van der Waals surface area contributed by atoms with Crippen LogP contribution in [0, 0.1) is 0 Å². The van der Waals surface area contributed by atoms with Crippen molar-refractivity contribution in [2.24, 2.45) is 0 Å². The molecule has 0 spiro atoms. The highest BCUT2D eigenvalue weighted by Gasteiger charge is 2.26. The summed E-state index contributed by atoms with van der Waals surface area (Å²) in [7, 11) is 2.05. The lowest BCUT2D eigenvalue weighted by Crippen LogP contribution is -2.48. The van der Waals surface area contributed by atoms with Crippen LogP contribution >= 0.6 is 0 Å². The SMILES string of the molecule is CN1CCN(C(=O)CC(NC(=O)OC(C)(C)C)c2ccccc2)CC1. The van der Waals surface area contributed by atoms with Crippen molar-refractivity contribution in [3.8, 4) is 0 Å². The summed E-state index contributed by atoms with van der Waals surface area (Å²) in [5, 5.41) is 2.85. The van der Waals surface area contributed by atoms with Gasteiger partial charge < -0.3 is 19.9 Å². The molecule has 2 amide bonds. The Kier molecular flexibility index (Phi) is 6.42. The fourth-order valence-electron chi connectivity index (χ4n) is 2.75. The van der Waals surface area contributed by atoms with Gasteiger partial charge in [0.15, 0.2) is 0 Å². The molecular weight excluding hydrogens is 318 g/mol. The number of ether oxygens (including phenoxy) is 1. The smallest absolute Gasteiger partial charge is 0.408 e. The summed E-state index contributed by atoms with van der Waals surface area (Å²) in [4.78, 5) is 28.9. The molecule has 2 rings (SSSR count). The Morgan fingerprint density at radius 1 is 1.12 bits per heavy atom. The third-order valence-electron chi connectivity index (χ3n) is 4.13. The molecule has 1 aromatic carbocycles. The first kappa shape index (κ1) is 19.2. The van der Waals surface area contributed by atoms with Crippen molar-refractivity contribution in [2.45, 2.75) is 38.8 Å². The van der Waals surface area contributed by atoms with E-state index in [1.54, 1.807) is 0 Å². The minimum Gasteiger partial charge on any atom is -0.444 e. The fourth-order valence-corrected chi connectivity index (χ4v) is 2.75. The molecule has 25 heavy (non-hydrogen) atoms. The third-order valence-corrected chi connectivity index (χ3v) is 4.13. The molecule has 1 aliphatic rings. The second-order valence-electron chi connectivity index (χ2n) is 7.50. The number of carbonyl (C=O) groups is 2. The standard InChI is InChI=1S/C19H29N3O3/c1-19(2,3)25-18(24)20-16(15-8-6-5-7-9-15)14-17(23)22-12-10-21(4)11-13-22/h5-9,16H,10-14H2,1-4H3,(H,20,24). The summed E-state index contributed by atoms with van der Waals surface area (Å²) in [6.45, 7) is 8.66. The zero-order valence-electron chi connectivity index (χ0n) is 15.6. The summed E-state index contributed by atoms with van der Waals surface area (Å²) < 4.78 is 5.35. The predicted molar refractivity (Wildman–Crippen MR) is 97.2 cm³/mol. The maximum Gasteiger partial charge on any atom is 0.408 e. The Morgan fingerprint density at radius 3 is 2.28 bits per heavy atom. The van der Waals surface area contributed by atoms with Gasteiger partial charge in [0.05, 0.1) is 12.5 Å². The average Bonchev–Trinajstić information content (AvgIpc) is 2.54. The third kappa shape index (κ3) is 6.38. The molecule has 1 saturated heterocycles. The van der Waals surface area contributed by atoms with Crippen LogP contribution in [0.15, 0.2) is 30.3 Å². The molecule has 1 fully saturated rings. The number of likely N-dealkylation sites (N-methyl/N-ethyl adjacent to an activating group) is 1. The van der Waals surface area contributed by atoms with Crippen molar-refractivity contribution in [3.05, 3.63) is 35.9 Å². The number of carbonyl (C=O) groups excluding carboxylic acids is 2. The van der Waals surface area contributed by atoms with E-state index in [0.717, 1.165) is 31.7 Å². The second-order valence-corrected chi connectivity index (χ2v) is 7.50. The molecule has 0 aromatic heterocycles. The minimum atomic E-state index is -0.577. The van der Waals surface area contributed by atoms with Gasteiger partial charge in [-0.2, -0.15) is 0 Å². The van der Waals surface area contributed by atoms with Gasteiger partial charge in [0, 0.05) is 26.2 Å². The molecule has 0 aliphatic carbocycles. The van der Waals surface area contributed by atoms with E-state index in [4.69, 9.17) is 4.74 Å². The number of hydrogen-bond donors (Lipinski definition) is 1. The highest BCUT2D eigenvalue weighted by Crippen LogP contribution is 2.19. The number of hydrogen-bond acceptors (Lipinski definition) is 4. The fraction of sp³-hybridized carbons (Fsp3) is 0.579. The zero-order chi connectivity index (χ0) is 18.4. The summed E-state index contributed by atoms with van der Waals surface area (Å²) in [6.07, 6.45) is -0.278. The topological polar surface area (TPSA) is 61.9 Å². The highest BCUT2D eigenvalue weighted by molar-refractivity contribution is 5.78. The van der Waals surface area contributed by atoms with Crippen molar-refractivity contribution >= 4 is 12.0 Å². The van der Waals surface area contributed by atoms with E-state index in [0.29, 0.717) is 0 Å². The van der Waals surface area contributed by atoms with Crippen LogP contribution in [-0.2, 0) is 9.53 Å². The van der Waals surface area contributed by atoms with Crippen LogP contribution in [0.25, 0.3) is 0 Å². The van der Waals surface area contributed by atoms with Gasteiger partial charge in [-0.1, -0.05) is 30.3 Å².